The number of aromatic nitrogens is 1. The molecule has 3 rings (SSSR count). The monoisotopic (exact) mass is 349 g/mol. The zero-order chi connectivity index (χ0) is 15.9. The molecule has 0 saturated carbocycles. The molecule has 0 amide bonds. The molecule has 0 aliphatic carbocycles. The molecular formula is C18H24ClN3O2. The van der Waals surface area contributed by atoms with E-state index in [2.05, 4.69) is 27.8 Å². The van der Waals surface area contributed by atoms with Crippen LogP contribution in [0.2, 0.25) is 0 Å². The lowest BCUT2D eigenvalue weighted by atomic mass is 10.1. The van der Waals surface area contributed by atoms with Crippen molar-refractivity contribution in [1.82, 2.24) is 15.6 Å². The summed E-state index contributed by atoms with van der Waals surface area (Å²) in [6, 6.07) is 12.0. The third-order valence-corrected chi connectivity index (χ3v) is 4.12. The number of β-amino-alcohol motifs (C(OH)–C–C–N with tert-alkyl or cyclic N) is 1. The van der Waals surface area contributed by atoms with Crippen molar-refractivity contribution in [3.05, 3.63) is 59.9 Å². The topological polar surface area (TPSA) is 66.4 Å². The fourth-order valence-electron chi connectivity index (χ4n) is 2.68. The molecule has 5 nitrogen and oxygen atoms in total. The Morgan fingerprint density at radius 2 is 1.83 bits per heavy atom. The van der Waals surface area contributed by atoms with E-state index in [1.807, 2.05) is 24.3 Å². The first-order valence-electron chi connectivity index (χ1n) is 8.01. The molecular weight excluding hydrogens is 326 g/mol. The van der Waals surface area contributed by atoms with Crippen LogP contribution >= 0.6 is 12.4 Å². The number of hydrogen-bond acceptors (Lipinski definition) is 5. The molecule has 2 atom stereocenters. The first-order chi connectivity index (χ1) is 11.3. The lowest BCUT2D eigenvalue weighted by Gasteiger charge is -2.14. The molecule has 130 valence electrons. The van der Waals surface area contributed by atoms with Gasteiger partial charge in [-0.05, 0) is 35.4 Å². The summed E-state index contributed by atoms with van der Waals surface area (Å²) >= 11 is 0. The highest BCUT2D eigenvalue weighted by molar-refractivity contribution is 5.85. The Kier molecular flexibility index (Phi) is 7.46. The number of benzene rings is 1. The highest BCUT2D eigenvalue weighted by Crippen LogP contribution is 2.14. The van der Waals surface area contributed by atoms with Crippen LogP contribution in [0.3, 0.4) is 0 Å². The lowest BCUT2D eigenvalue weighted by Crippen LogP contribution is -2.30. The molecule has 2 aromatic rings. The highest BCUT2D eigenvalue weighted by atomic mass is 35.5. The van der Waals surface area contributed by atoms with E-state index in [1.54, 1.807) is 12.4 Å². The summed E-state index contributed by atoms with van der Waals surface area (Å²) in [5, 5.41) is 16.4. The number of nitrogens with zero attached hydrogens (tertiary/aromatic N) is 1. The van der Waals surface area contributed by atoms with Gasteiger partial charge in [-0.3, -0.25) is 4.98 Å². The molecule has 3 N–H and O–H groups in total. The Balaban J connectivity index is 0.00000208. The maximum absolute atomic E-state index is 9.75. The molecule has 1 fully saturated rings. The van der Waals surface area contributed by atoms with Crippen LogP contribution in [0, 0.1) is 5.92 Å². The zero-order valence-corrected chi connectivity index (χ0v) is 14.3. The van der Waals surface area contributed by atoms with Crippen molar-refractivity contribution in [2.24, 2.45) is 5.92 Å². The molecule has 1 aromatic heterocycles. The Morgan fingerprint density at radius 3 is 2.50 bits per heavy atom. The molecule has 1 aliphatic rings. The maximum Gasteiger partial charge on any atom is 0.119 e. The van der Waals surface area contributed by atoms with Crippen LogP contribution in [-0.2, 0) is 13.2 Å². The highest BCUT2D eigenvalue weighted by Gasteiger charge is 2.23. The summed E-state index contributed by atoms with van der Waals surface area (Å²) in [5.41, 5.74) is 2.32. The third kappa shape index (κ3) is 5.46. The van der Waals surface area contributed by atoms with Gasteiger partial charge in [0.15, 0.2) is 0 Å². The second kappa shape index (κ2) is 9.59. The van der Waals surface area contributed by atoms with Gasteiger partial charge < -0.3 is 20.5 Å². The molecule has 1 saturated heterocycles. The van der Waals surface area contributed by atoms with E-state index in [1.165, 1.54) is 5.56 Å². The number of aliphatic hydroxyl groups is 1. The number of hydrogen-bond donors (Lipinski definition) is 3. The van der Waals surface area contributed by atoms with Crippen molar-refractivity contribution in [2.75, 3.05) is 19.6 Å². The zero-order valence-electron chi connectivity index (χ0n) is 13.5. The van der Waals surface area contributed by atoms with Crippen LogP contribution in [0.5, 0.6) is 5.75 Å². The van der Waals surface area contributed by atoms with Crippen molar-refractivity contribution in [1.29, 1.82) is 0 Å². The van der Waals surface area contributed by atoms with Gasteiger partial charge in [-0.25, -0.2) is 0 Å². The Morgan fingerprint density at radius 1 is 1.08 bits per heavy atom. The van der Waals surface area contributed by atoms with Gasteiger partial charge in [0, 0.05) is 44.5 Å². The smallest absolute Gasteiger partial charge is 0.119 e. The number of aliphatic hydroxyl groups excluding tert-OH is 1. The molecule has 1 aliphatic heterocycles. The van der Waals surface area contributed by atoms with Gasteiger partial charge in [0.1, 0.15) is 12.4 Å². The van der Waals surface area contributed by atoms with Gasteiger partial charge in [0.25, 0.3) is 0 Å². The van der Waals surface area contributed by atoms with Crippen molar-refractivity contribution in [3.63, 3.8) is 0 Å². The van der Waals surface area contributed by atoms with Gasteiger partial charge >= 0.3 is 0 Å². The number of pyridine rings is 1. The summed E-state index contributed by atoms with van der Waals surface area (Å²) in [4.78, 5) is 3.99. The number of halogens is 1. The van der Waals surface area contributed by atoms with Crippen molar-refractivity contribution < 1.29 is 9.84 Å². The van der Waals surface area contributed by atoms with E-state index in [9.17, 15) is 5.11 Å². The second-order valence-electron chi connectivity index (χ2n) is 5.90. The van der Waals surface area contributed by atoms with Crippen LogP contribution in [0.15, 0.2) is 48.8 Å². The van der Waals surface area contributed by atoms with Crippen LogP contribution in [-0.4, -0.2) is 35.8 Å². The van der Waals surface area contributed by atoms with Crippen LogP contribution < -0.4 is 15.4 Å². The molecule has 6 heteroatoms. The first kappa shape index (κ1) is 18.7. The van der Waals surface area contributed by atoms with Gasteiger partial charge in [-0.2, -0.15) is 0 Å². The van der Waals surface area contributed by atoms with E-state index in [4.69, 9.17) is 4.74 Å². The average Bonchev–Trinajstić information content (AvgIpc) is 3.00. The molecule has 2 unspecified atom stereocenters. The molecule has 0 bridgehead atoms. The van der Waals surface area contributed by atoms with Crippen molar-refractivity contribution in [2.45, 2.75) is 19.3 Å². The lowest BCUT2D eigenvalue weighted by molar-refractivity contribution is 0.146. The number of ether oxygens (including phenoxy) is 1. The SMILES string of the molecule is Cl.OC1CNCC1CNCc1ccc(OCc2ccncc2)cc1. The van der Waals surface area contributed by atoms with E-state index < -0.39 is 0 Å². The number of nitrogens with one attached hydrogen (secondary N) is 2. The summed E-state index contributed by atoms with van der Waals surface area (Å²) in [7, 11) is 0. The summed E-state index contributed by atoms with van der Waals surface area (Å²) < 4.78 is 5.76. The normalized spacial score (nSPS) is 19.7. The van der Waals surface area contributed by atoms with E-state index >= 15 is 0 Å². The average molecular weight is 350 g/mol. The molecule has 1 aromatic carbocycles. The van der Waals surface area contributed by atoms with Gasteiger partial charge in [-0.15, -0.1) is 12.4 Å². The largest absolute Gasteiger partial charge is 0.489 e. The van der Waals surface area contributed by atoms with Crippen LogP contribution in [0.4, 0.5) is 0 Å². The molecule has 24 heavy (non-hydrogen) atoms. The Hall–Kier alpha value is -1.66. The van der Waals surface area contributed by atoms with Gasteiger partial charge in [0.05, 0.1) is 6.10 Å². The Labute approximate surface area is 148 Å². The fraction of sp³-hybridized carbons (Fsp3) is 0.389. The van der Waals surface area contributed by atoms with Crippen LogP contribution in [0.25, 0.3) is 0 Å². The minimum absolute atomic E-state index is 0. The van der Waals surface area contributed by atoms with Crippen molar-refractivity contribution >= 4 is 12.4 Å². The minimum Gasteiger partial charge on any atom is -0.489 e. The first-order valence-corrected chi connectivity index (χ1v) is 8.01. The summed E-state index contributed by atoms with van der Waals surface area (Å²) in [6.07, 6.45) is 3.31. The standard InChI is InChI=1S/C18H23N3O2.ClH/c22-18-12-21-11-16(18)10-20-9-14-1-3-17(4-2-14)23-13-15-5-7-19-8-6-15;/h1-8,16,18,20-22H,9-13H2;1H. The predicted molar refractivity (Wildman–Crippen MR) is 96.3 cm³/mol. The summed E-state index contributed by atoms with van der Waals surface area (Å²) in [5.74, 6) is 1.17. The van der Waals surface area contributed by atoms with Gasteiger partial charge in [0.2, 0.25) is 0 Å². The maximum atomic E-state index is 9.75. The quantitative estimate of drug-likeness (QED) is 0.710. The molecule has 0 spiro atoms. The molecule has 0 radical (unpaired) electrons. The second-order valence-corrected chi connectivity index (χ2v) is 5.90. The van der Waals surface area contributed by atoms with E-state index in [0.717, 1.165) is 30.9 Å². The van der Waals surface area contributed by atoms with E-state index in [-0.39, 0.29) is 18.5 Å². The molecule has 2 heterocycles. The fourth-order valence-corrected chi connectivity index (χ4v) is 2.68. The van der Waals surface area contributed by atoms with E-state index in [0.29, 0.717) is 19.1 Å². The third-order valence-electron chi connectivity index (χ3n) is 4.12. The number of rotatable bonds is 7. The van der Waals surface area contributed by atoms with Crippen molar-refractivity contribution in [3.8, 4) is 5.75 Å². The minimum atomic E-state index is -0.230. The van der Waals surface area contributed by atoms with Crippen LogP contribution in [0.1, 0.15) is 11.1 Å². The van der Waals surface area contributed by atoms with Gasteiger partial charge in [-0.1, -0.05) is 12.1 Å². The summed E-state index contributed by atoms with van der Waals surface area (Å²) in [6.45, 7) is 3.76. The Bertz CT molecular complexity index is 595. The predicted octanol–water partition coefficient (Wildman–Crippen LogP) is 1.75.